The first-order valence-corrected chi connectivity index (χ1v) is 7.15. The summed E-state index contributed by atoms with van der Waals surface area (Å²) in [6.45, 7) is 0.625. The number of hydrogen-bond donors (Lipinski definition) is 2. The van der Waals surface area contributed by atoms with E-state index >= 15 is 0 Å². The Bertz CT molecular complexity index is 468. The van der Waals surface area contributed by atoms with Crippen LogP contribution in [0.25, 0.3) is 0 Å². The normalized spacial score (nSPS) is 11.0. The van der Waals surface area contributed by atoms with Gasteiger partial charge in [-0.2, -0.15) is 11.8 Å². The van der Waals surface area contributed by atoms with E-state index in [1.165, 1.54) is 0 Å². The summed E-state index contributed by atoms with van der Waals surface area (Å²) in [5.74, 6) is 2.71. The molecule has 0 saturated heterocycles. The summed E-state index contributed by atoms with van der Waals surface area (Å²) in [6.07, 6.45) is 2.64. The molecule has 20 heavy (non-hydrogen) atoms. The van der Waals surface area contributed by atoms with E-state index in [1.54, 1.807) is 32.1 Å². The number of rotatable bonds is 9. The summed E-state index contributed by atoms with van der Waals surface area (Å²) >= 11 is 1.68. The molecule has 0 fully saturated rings. The molecule has 8 heteroatoms. The number of aromatic nitrogens is 1. The zero-order valence-corrected chi connectivity index (χ0v) is 12.3. The first kappa shape index (κ1) is 16.1. The minimum Gasteiger partial charge on any atom is -0.495 e. The number of hydrogen-bond acceptors (Lipinski definition) is 7. The van der Waals surface area contributed by atoms with Gasteiger partial charge >= 0.3 is 0 Å². The largest absolute Gasteiger partial charge is 0.495 e. The standard InChI is InChI=1S/C12H18N4O3S/c1-13-12(8-16(17)18)15-6-7-20-9-10-11(19-2)4-3-5-14-10/h3-5,8,13,15H,6-7,9H2,1-2H3/b12-8+. The lowest BCUT2D eigenvalue weighted by molar-refractivity contribution is -0.404. The van der Waals surface area contributed by atoms with E-state index in [4.69, 9.17) is 4.74 Å². The third-order valence-electron chi connectivity index (χ3n) is 2.37. The van der Waals surface area contributed by atoms with E-state index in [9.17, 15) is 10.1 Å². The Morgan fingerprint density at radius 1 is 1.65 bits per heavy atom. The molecule has 0 saturated carbocycles. The van der Waals surface area contributed by atoms with Gasteiger partial charge in [0.05, 0.1) is 17.7 Å². The number of ether oxygens (including phenoxy) is 1. The Labute approximate surface area is 122 Å². The van der Waals surface area contributed by atoms with Crippen molar-refractivity contribution in [3.8, 4) is 5.75 Å². The quantitative estimate of drug-likeness (QED) is 0.402. The molecule has 1 rings (SSSR count). The molecule has 0 aliphatic carbocycles. The molecule has 2 N–H and O–H groups in total. The molecule has 110 valence electrons. The Hall–Kier alpha value is -1.96. The van der Waals surface area contributed by atoms with Gasteiger partial charge in [0.15, 0.2) is 5.82 Å². The van der Waals surface area contributed by atoms with Crippen LogP contribution in [0.2, 0.25) is 0 Å². The Balaban J connectivity index is 2.30. The number of nitro groups is 1. The highest BCUT2D eigenvalue weighted by Crippen LogP contribution is 2.19. The zero-order valence-electron chi connectivity index (χ0n) is 11.5. The molecule has 0 aliphatic rings. The molecule has 0 radical (unpaired) electrons. The summed E-state index contributed by atoms with van der Waals surface area (Å²) in [7, 11) is 3.25. The second-order valence-corrected chi connectivity index (χ2v) is 4.82. The second kappa shape index (κ2) is 9.03. The van der Waals surface area contributed by atoms with E-state index in [1.807, 2.05) is 12.1 Å². The van der Waals surface area contributed by atoms with Crippen molar-refractivity contribution in [2.75, 3.05) is 26.5 Å². The number of methoxy groups -OCH3 is 1. The van der Waals surface area contributed by atoms with Crippen molar-refractivity contribution in [2.45, 2.75) is 5.75 Å². The maximum atomic E-state index is 10.3. The molecule has 0 amide bonds. The van der Waals surface area contributed by atoms with Gasteiger partial charge < -0.3 is 15.4 Å². The Morgan fingerprint density at radius 2 is 2.45 bits per heavy atom. The Kier molecular flexibility index (Phi) is 7.26. The fraction of sp³-hybridized carbons (Fsp3) is 0.417. The van der Waals surface area contributed by atoms with Crippen molar-refractivity contribution in [3.63, 3.8) is 0 Å². The van der Waals surface area contributed by atoms with Gasteiger partial charge in [0, 0.05) is 31.3 Å². The van der Waals surface area contributed by atoms with Gasteiger partial charge in [0.25, 0.3) is 6.20 Å². The SMILES string of the molecule is CN/C(=C\[N+](=O)[O-])NCCSCc1ncccc1OC. The summed E-state index contributed by atoms with van der Waals surface area (Å²) in [6, 6.07) is 3.70. The number of thioether (sulfide) groups is 1. The smallest absolute Gasteiger partial charge is 0.274 e. The fourth-order valence-corrected chi connectivity index (χ4v) is 2.25. The van der Waals surface area contributed by atoms with E-state index in [-0.39, 0.29) is 0 Å². The third-order valence-corrected chi connectivity index (χ3v) is 3.34. The minimum atomic E-state index is -0.495. The monoisotopic (exact) mass is 298 g/mol. The Morgan fingerprint density at radius 3 is 3.10 bits per heavy atom. The van der Waals surface area contributed by atoms with Gasteiger partial charge in [-0.15, -0.1) is 0 Å². The maximum Gasteiger partial charge on any atom is 0.274 e. The van der Waals surface area contributed by atoms with Crippen LogP contribution in [0.3, 0.4) is 0 Å². The summed E-state index contributed by atoms with van der Waals surface area (Å²) in [5.41, 5.74) is 0.898. The van der Waals surface area contributed by atoms with Crippen molar-refractivity contribution < 1.29 is 9.66 Å². The lowest BCUT2D eigenvalue weighted by Crippen LogP contribution is -2.26. The van der Waals surface area contributed by atoms with E-state index in [0.717, 1.165) is 29.1 Å². The van der Waals surface area contributed by atoms with Crippen molar-refractivity contribution in [3.05, 3.63) is 46.2 Å². The van der Waals surface area contributed by atoms with Crippen LogP contribution >= 0.6 is 11.8 Å². The third kappa shape index (κ3) is 5.79. The molecule has 0 aromatic carbocycles. The average Bonchev–Trinajstić information content (AvgIpc) is 2.45. The van der Waals surface area contributed by atoms with Crippen molar-refractivity contribution >= 4 is 11.8 Å². The van der Waals surface area contributed by atoms with Crippen LogP contribution in [0.4, 0.5) is 0 Å². The molecule has 0 aliphatic heterocycles. The van der Waals surface area contributed by atoms with Crippen LogP contribution in [-0.2, 0) is 5.75 Å². The highest BCUT2D eigenvalue weighted by atomic mass is 32.2. The average molecular weight is 298 g/mol. The number of nitrogens with one attached hydrogen (secondary N) is 2. The van der Waals surface area contributed by atoms with Crippen molar-refractivity contribution in [2.24, 2.45) is 0 Å². The minimum absolute atomic E-state index is 0.394. The van der Waals surface area contributed by atoms with Gasteiger partial charge in [-0.3, -0.25) is 15.1 Å². The van der Waals surface area contributed by atoms with Gasteiger partial charge in [-0.25, -0.2) is 0 Å². The second-order valence-electron chi connectivity index (χ2n) is 3.71. The summed E-state index contributed by atoms with van der Waals surface area (Å²) < 4.78 is 5.22. The predicted octanol–water partition coefficient (Wildman–Crippen LogP) is 1.21. The number of nitrogens with zero attached hydrogens (tertiary/aromatic N) is 2. The maximum absolute atomic E-state index is 10.3. The van der Waals surface area contributed by atoms with Gasteiger partial charge in [-0.1, -0.05) is 0 Å². The first-order chi connectivity index (χ1) is 9.67. The van der Waals surface area contributed by atoms with E-state index in [0.29, 0.717) is 12.4 Å². The van der Waals surface area contributed by atoms with Crippen LogP contribution in [0.1, 0.15) is 5.69 Å². The number of pyridine rings is 1. The molecule has 0 unspecified atom stereocenters. The highest BCUT2D eigenvalue weighted by molar-refractivity contribution is 7.98. The van der Waals surface area contributed by atoms with Crippen molar-refractivity contribution in [1.29, 1.82) is 0 Å². The lowest BCUT2D eigenvalue weighted by atomic mass is 10.3. The van der Waals surface area contributed by atoms with Crippen LogP contribution in [0, 0.1) is 10.1 Å². The molecular weight excluding hydrogens is 280 g/mol. The van der Waals surface area contributed by atoms with Gasteiger partial charge in [0.1, 0.15) is 5.75 Å². The van der Waals surface area contributed by atoms with Gasteiger partial charge in [0.2, 0.25) is 0 Å². The van der Waals surface area contributed by atoms with Crippen LogP contribution in [-0.4, -0.2) is 36.4 Å². The fourth-order valence-electron chi connectivity index (χ4n) is 1.45. The topological polar surface area (TPSA) is 89.3 Å². The predicted molar refractivity (Wildman–Crippen MR) is 79.1 cm³/mol. The molecule has 0 atom stereocenters. The van der Waals surface area contributed by atoms with Crippen LogP contribution in [0.5, 0.6) is 5.75 Å². The molecule has 1 aromatic heterocycles. The van der Waals surface area contributed by atoms with E-state index < -0.39 is 4.92 Å². The van der Waals surface area contributed by atoms with Crippen LogP contribution < -0.4 is 15.4 Å². The molecule has 1 heterocycles. The summed E-state index contributed by atoms with van der Waals surface area (Å²) in [4.78, 5) is 14.1. The van der Waals surface area contributed by atoms with Crippen LogP contribution in [0.15, 0.2) is 30.4 Å². The zero-order chi connectivity index (χ0) is 14.8. The molecule has 7 nitrogen and oxygen atoms in total. The molecular formula is C12H18N4O3S. The van der Waals surface area contributed by atoms with Gasteiger partial charge in [-0.05, 0) is 12.1 Å². The first-order valence-electron chi connectivity index (χ1n) is 6.00. The summed E-state index contributed by atoms with van der Waals surface area (Å²) in [5, 5.41) is 16.0. The molecule has 0 spiro atoms. The van der Waals surface area contributed by atoms with Crippen molar-refractivity contribution in [1.82, 2.24) is 15.6 Å². The van der Waals surface area contributed by atoms with E-state index in [2.05, 4.69) is 15.6 Å². The molecule has 1 aromatic rings. The molecule has 0 bridgehead atoms. The lowest BCUT2D eigenvalue weighted by Gasteiger charge is -2.09. The highest BCUT2D eigenvalue weighted by Gasteiger charge is 2.03.